The number of phenols is 1. The summed E-state index contributed by atoms with van der Waals surface area (Å²) in [6.07, 6.45) is 0.799. The van der Waals surface area contributed by atoms with Crippen molar-refractivity contribution in [3.05, 3.63) is 64.7 Å². The molecular weight excluding hydrogens is 280 g/mol. The van der Waals surface area contributed by atoms with Crippen LogP contribution in [-0.2, 0) is 6.42 Å². The van der Waals surface area contributed by atoms with Gasteiger partial charge in [-0.3, -0.25) is 4.79 Å². The van der Waals surface area contributed by atoms with Gasteiger partial charge in [-0.2, -0.15) is 0 Å². The molecule has 0 atom stereocenters. The maximum atomic E-state index is 12.5. The number of hydrogen-bond donors (Lipinski definition) is 2. The van der Waals surface area contributed by atoms with E-state index in [9.17, 15) is 14.7 Å². The molecule has 0 amide bonds. The van der Waals surface area contributed by atoms with Gasteiger partial charge < -0.3 is 10.2 Å². The van der Waals surface area contributed by atoms with Crippen LogP contribution in [0, 0.1) is 5.92 Å². The molecule has 22 heavy (non-hydrogen) atoms. The SMILES string of the molecule is CC(C)Cc1ccc(C(=O)c2ccccc2C(=O)O)c(O)c1. The largest absolute Gasteiger partial charge is 0.507 e. The summed E-state index contributed by atoms with van der Waals surface area (Å²) >= 11 is 0. The lowest BCUT2D eigenvalue weighted by Gasteiger charge is -2.10. The van der Waals surface area contributed by atoms with Gasteiger partial charge in [-0.15, -0.1) is 0 Å². The van der Waals surface area contributed by atoms with Crippen molar-refractivity contribution < 1.29 is 19.8 Å². The maximum Gasteiger partial charge on any atom is 0.336 e. The summed E-state index contributed by atoms with van der Waals surface area (Å²) in [4.78, 5) is 23.7. The van der Waals surface area contributed by atoms with Gasteiger partial charge in [0.15, 0.2) is 5.78 Å². The molecule has 4 heteroatoms. The van der Waals surface area contributed by atoms with E-state index in [0.29, 0.717) is 5.92 Å². The number of hydrogen-bond acceptors (Lipinski definition) is 3. The van der Waals surface area contributed by atoms with Crippen molar-refractivity contribution in [2.24, 2.45) is 5.92 Å². The third-order valence-corrected chi connectivity index (χ3v) is 3.35. The molecule has 0 aliphatic carbocycles. The Labute approximate surface area is 129 Å². The van der Waals surface area contributed by atoms with Crippen molar-refractivity contribution in [2.75, 3.05) is 0 Å². The summed E-state index contributed by atoms with van der Waals surface area (Å²) in [6, 6.07) is 10.9. The Morgan fingerprint density at radius 3 is 2.18 bits per heavy atom. The Hall–Kier alpha value is -2.62. The predicted octanol–water partition coefficient (Wildman–Crippen LogP) is 3.52. The minimum Gasteiger partial charge on any atom is -0.507 e. The first-order valence-corrected chi connectivity index (χ1v) is 7.09. The van der Waals surface area contributed by atoms with E-state index < -0.39 is 11.8 Å². The number of aromatic carboxylic acids is 1. The molecule has 4 nitrogen and oxygen atoms in total. The van der Waals surface area contributed by atoms with E-state index in [-0.39, 0.29) is 22.4 Å². The summed E-state index contributed by atoms with van der Waals surface area (Å²) in [7, 11) is 0. The van der Waals surface area contributed by atoms with E-state index in [2.05, 4.69) is 13.8 Å². The van der Waals surface area contributed by atoms with E-state index >= 15 is 0 Å². The van der Waals surface area contributed by atoms with Crippen molar-refractivity contribution >= 4 is 11.8 Å². The molecule has 0 bridgehead atoms. The first kappa shape index (κ1) is 15.8. The lowest BCUT2D eigenvalue weighted by atomic mass is 9.95. The molecule has 114 valence electrons. The standard InChI is InChI=1S/C18H18O4/c1-11(2)9-12-7-8-15(16(19)10-12)17(20)13-5-3-4-6-14(13)18(21)22/h3-8,10-11,19H,9H2,1-2H3,(H,21,22). The van der Waals surface area contributed by atoms with Crippen LogP contribution in [0.4, 0.5) is 0 Å². The highest BCUT2D eigenvalue weighted by atomic mass is 16.4. The van der Waals surface area contributed by atoms with Crippen LogP contribution < -0.4 is 0 Å². The van der Waals surface area contributed by atoms with Gasteiger partial charge in [-0.05, 0) is 36.1 Å². The highest BCUT2D eigenvalue weighted by Crippen LogP contribution is 2.24. The average molecular weight is 298 g/mol. The van der Waals surface area contributed by atoms with Crippen molar-refractivity contribution in [3.8, 4) is 5.75 Å². The van der Waals surface area contributed by atoms with Crippen LogP contribution in [-0.4, -0.2) is 22.0 Å². The zero-order chi connectivity index (χ0) is 16.3. The Balaban J connectivity index is 2.40. The van der Waals surface area contributed by atoms with Gasteiger partial charge in [0.05, 0.1) is 11.1 Å². The number of aromatic hydroxyl groups is 1. The van der Waals surface area contributed by atoms with Crippen LogP contribution in [0.1, 0.15) is 45.7 Å². The Morgan fingerprint density at radius 1 is 1.00 bits per heavy atom. The van der Waals surface area contributed by atoms with E-state index in [1.54, 1.807) is 30.3 Å². The summed E-state index contributed by atoms with van der Waals surface area (Å²) < 4.78 is 0. The second-order valence-corrected chi connectivity index (χ2v) is 5.63. The molecule has 0 aliphatic rings. The van der Waals surface area contributed by atoms with Crippen LogP contribution in [0.25, 0.3) is 0 Å². The van der Waals surface area contributed by atoms with Crippen molar-refractivity contribution in [2.45, 2.75) is 20.3 Å². The Bertz CT molecular complexity index is 717. The monoisotopic (exact) mass is 298 g/mol. The quantitative estimate of drug-likeness (QED) is 0.828. The van der Waals surface area contributed by atoms with E-state index in [1.807, 2.05) is 0 Å². The molecule has 0 fully saturated rings. The minimum absolute atomic E-state index is 0.0712. The fraction of sp³-hybridized carbons (Fsp3) is 0.222. The predicted molar refractivity (Wildman–Crippen MR) is 83.5 cm³/mol. The van der Waals surface area contributed by atoms with E-state index in [0.717, 1.165) is 12.0 Å². The zero-order valence-electron chi connectivity index (χ0n) is 12.5. The van der Waals surface area contributed by atoms with Gasteiger partial charge in [0.25, 0.3) is 0 Å². The Morgan fingerprint density at radius 2 is 1.64 bits per heavy atom. The first-order chi connectivity index (χ1) is 10.4. The van der Waals surface area contributed by atoms with Crippen LogP contribution in [0.3, 0.4) is 0 Å². The third kappa shape index (κ3) is 3.34. The summed E-state index contributed by atoms with van der Waals surface area (Å²) in [5.74, 6) is -1.34. The summed E-state index contributed by atoms with van der Waals surface area (Å²) in [5, 5.41) is 19.3. The van der Waals surface area contributed by atoms with Gasteiger partial charge in [0.2, 0.25) is 0 Å². The highest BCUT2D eigenvalue weighted by molar-refractivity contribution is 6.15. The second-order valence-electron chi connectivity index (χ2n) is 5.63. The third-order valence-electron chi connectivity index (χ3n) is 3.35. The van der Waals surface area contributed by atoms with Gasteiger partial charge in [0.1, 0.15) is 5.75 Å². The molecule has 2 aromatic carbocycles. The Kier molecular flexibility index (Phi) is 4.61. The average Bonchev–Trinajstić information content (AvgIpc) is 2.46. The van der Waals surface area contributed by atoms with Crippen LogP contribution in [0.5, 0.6) is 5.75 Å². The molecule has 0 unspecified atom stereocenters. The van der Waals surface area contributed by atoms with Gasteiger partial charge >= 0.3 is 5.97 Å². The lowest BCUT2D eigenvalue weighted by Crippen LogP contribution is -2.10. The minimum atomic E-state index is -1.17. The smallest absolute Gasteiger partial charge is 0.336 e. The van der Waals surface area contributed by atoms with Crippen molar-refractivity contribution in [1.29, 1.82) is 0 Å². The fourth-order valence-electron chi connectivity index (χ4n) is 2.38. The number of ketones is 1. The number of carbonyl (C=O) groups is 2. The lowest BCUT2D eigenvalue weighted by molar-refractivity contribution is 0.0692. The number of carboxylic acids is 1. The molecular formula is C18H18O4. The molecule has 2 rings (SSSR count). The van der Waals surface area contributed by atoms with Crippen LogP contribution in [0.2, 0.25) is 0 Å². The summed E-state index contributed by atoms with van der Waals surface area (Å²) in [6.45, 7) is 4.14. The molecule has 2 N–H and O–H groups in total. The molecule has 0 saturated carbocycles. The van der Waals surface area contributed by atoms with E-state index in [4.69, 9.17) is 5.11 Å². The second kappa shape index (κ2) is 6.43. The first-order valence-electron chi connectivity index (χ1n) is 7.09. The molecule has 0 aliphatic heterocycles. The topological polar surface area (TPSA) is 74.6 Å². The molecule has 0 heterocycles. The molecule has 0 saturated heterocycles. The number of benzene rings is 2. The van der Waals surface area contributed by atoms with Gasteiger partial charge in [-0.25, -0.2) is 4.79 Å². The zero-order valence-corrected chi connectivity index (χ0v) is 12.5. The number of phenolic OH excluding ortho intramolecular Hbond substituents is 1. The fourth-order valence-corrected chi connectivity index (χ4v) is 2.38. The molecule has 2 aromatic rings. The van der Waals surface area contributed by atoms with Gasteiger partial charge in [-0.1, -0.05) is 38.1 Å². The maximum absolute atomic E-state index is 12.5. The van der Waals surface area contributed by atoms with Crippen LogP contribution >= 0.6 is 0 Å². The van der Waals surface area contributed by atoms with Gasteiger partial charge in [0, 0.05) is 5.56 Å². The highest BCUT2D eigenvalue weighted by Gasteiger charge is 2.20. The molecule has 0 spiro atoms. The number of rotatable bonds is 5. The van der Waals surface area contributed by atoms with Crippen molar-refractivity contribution in [1.82, 2.24) is 0 Å². The normalized spacial score (nSPS) is 10.7. The van der Waals surface area contributed by atoms with E-state index in [1.165, 1.54) is 12.1 Å². The molecule has 0 aromatic heterocycles. The molecule has 0 radical (unpaired) electrons. The van der Waals surface area contributed by atoms with Crippen LogP contribution in [0.15, 0.2) is 42.5 Å². The summed E-state index contributed by atoms with van der Waals surface area (Å²) in [5.41, 5.74) is 1.05. The van der Waals surface area contributed by atoms with Crippen molar-refractivity contribution in [3.63, 3.8) is 0 Å². The number of carboxylic acid groups (broad SMARTS) is 1. The number of carbonyl (C=O) groups excluding carboxylic acids is 1.